The minimum Gasteiger partial charge on any atom is -0.385 e. The minimum absolute atomic E-state index is 0.153. The first-order chi connectivity index (χ1) is 11.4. The Kier molecular flexibility index (Phi) is 15.5. The normalized spacial score (nSPS) is 10.6. The van der Waals surface area contributed by atoms with E-state index >= 15 is 0 Å². The summed E-state index contributed by atoms with van der Waals surface area (Å²) < 4.78 is 0. The highest BCUT2D eigenvalue weighted by Gasteiger charge is 2.01. The van der Waals surface area contributed by atoms with Gasteiger partial charge >= 0.3 is 0 Å². The zero-order valence-electron chi connectivity index (χ0n) is 15.9. The average Bonchev–Trinajstić information content (AvgIpc) is 2.60. The Morgan fingerprint density at radius 2 is 2.00 bits per heavy atom. The number of nitro groups is 1. The quantitative estimate of drug-likeness (QED) is 0.398. The van der Waals surface area contributed by atoms with Crippen molar-refractivity contribution in [2.45, 2.75) is 48.0 Å². The highest BCUT2D eigenvalue weighted by atomic mass is 16.6. The molecule has 4 nitrogen and oxygen atoms in total. The van der Waals surface area contributed by atoms with Crippen molar-refractivity contribution < 1.29 is 4.92 Å². The third kappa shape index (κ3) is 12.2. The molecule has 1 aromatic rings. The van der Waals surface area contributed by atoms with Gasteiger partial charge in [0.05, 0.1) is 4.92 Å². The van der Waals surface area contributed by atoms with E-state index in [1.165, 1.54) is 17.3 Å². The molecule has 0 aliphatic heterocycles. The highest BCUT2D eigenvalue weighted by molar-refractivity contribution is 5.33. The maximum atomic E-state index is 10.2. The van der Waals surface area contributed by atoms with Gasteiger partial charge < -0.3 is 5.32 Å². The fraction of sp³-hybridized carbons (Fsp3) is 0.400. The second-order valence-corrected chi connectivity index (χ2v) is 4.86. The predicted molar refractivity (Wildman–Crippen MR) is 105 cm³/mol. The number of benzene rings is 1. The van der Waals surface area contributed by atoms with E-state index in [0.29, 0.717) is 0 Å². The molecule has 0 saturated carbocycles. The lowest BCUT2D eigenvalue weighted by molar-refractivity contribution is -0.384. The molecule has 1 aromatic carbocycles. The Morgan fingerprint density at radius 1 is 1.38 bits per heavy atom. The van der Waals surface area contributed by atoms with Crippen LogP contribution in [0.25, 0.3) is 0 Å². The van der Waals surface area contributed by atoms with Crippen molar-refractivity contribution in [2.75, 3.05) is 6.54 Å². The maximum absolute atomic E-state index is 10.2. The Labute approximate surface area is 147 Å². The average molecular weight is 332 g/mol. The van der Waals surface area contributed by atoms with Gasteiger partial charge in [0.15, 0.2) is 0 Å². The van der Waals surface area contributed by atoms with Crippen molar-refractivity contribution in [2.24, 2.45) is 0 Å². The van der Waals surface area contributed by atoms with Gasteiger partial charge in [-0.1, -0.05) is 51.6 Å². The minimum atomic E-state index is -0.396. The first kappa shape index (κ1) is 23.9. The Balaban J connectivity index is 0. The maximum Gasteiger partial charge on any atom is 0.269 e. The van der Waals surface area contributed by atoms with Gasteiger partial charge in [0.25, 0.3) is 5.69 Å². The van der Waals surface area contributed by atoms with Gasteiger partial charge in [0.2, 0.25) is 0 Å². The van der Waals surface area contributed by atoms with Crippen LogP contribution < -0.4 is 5.32 Å². The van der Waals surface area contributed by atoms with Crippen molar-refractivity contribution in [3.05, 3.63) is 76.0 Å². The molecule has 0 heterocycles. The molecule has 0 radical (unpaired) electrons. The Morgan fingerprint density at radius 3 is 2.38 bits per heavy atom. The summed E-state index contributed by atoms with van der Waals surface area (Å²) >= 11 is 0. The topological polar surface area (TPSA) is 55.2 Å². The molecule has 0 saturated heterocycles. The van der Waals surface area contributed by atoms with E-state index in [4.69, 9.17) is 0 Å². The first-order valence-corrected chi connectivity index (χ1v) is 8.36. The van der Waals surface area contributed by atoms with Crippen LogP contribution in [0.5, 0.6) is 0 Å². The van der Waals surface area contributed by atoms with Crippen LogP contribution >= 0.6 is 0 Å². The molecule has 0 spiro atoms. The van der Waals surface area contributed by atoms with Crippen LogP contribution in [0.2, 0.25) is 0 Å². The number of allylic oxidation sites excluding steroid dienone is 4. The summed E-state index contributed by atoms with van der Waals surface area (Å²) in [5.41, 5.74) is 3.43. The SMILES string of the molecule is C=C/C(C)=C\C(=C/C)NCCC.CC.Cc1cccc([N+](=O)[O-])c1. The second kappa shape index (κ2) is 15.5. The lowest BCUT2D eigenvalue weighted by Crippen LogP contribution is -2.12. The monoisotopic (exact) mass is 332 g/mol. The first-order valence-electron chi connectivity index (χ1n) is 8.36. The van der Waals surface area contributed by atoms with E-state index in [1.54, 1.807) is 12.1 Å². The predicted octanol–water partition coefficient (Wildman–Crippen LogP) is 5.95. The van der Waals surface area contributed by atoms with Crippen LogP contribution in [0.3, 0.4) is 0 Å². The number of aryl methyl sites for hydroxylation is 1. The number of nitrogens with zero attached hydrogens (tertiary/aromatic N) is 1. The Bertz CT molecular complexity index is 546. The number of nitrogens with one attached hydrogen (secondary N) is 1. The van der Waals surface area contributed by atoms with Crippen molar-refractivity contribution in [3.8, 4) is 0 Å². The van der Waals surface area contributed by atoms with Crippen LogP contribution in [0.1, 0.15) is 46.6 Å². The number of non-ortho nitro benzene ring substituents is 1. The molecule has 4 heteroatoms. The van der Waals surface area contributed by atoms with Crippen molar-refractivity contribution in [1.29, 1.82) is 0 Å². The van der Waals surface area contributed by atoms with Crippen LogP contribution in [0.4, 0.5) is 5.69 Å². The molecule has 0 aromatic heterocycles. The van der Waals surface area contributed by atoms with Gasteiger partial charge in [-0.05, 0) is 44.4 Å². The highest BCUT2D eigenvalue weighted by Crippen LogP contribution is 2.11. The van der Waals surface area contributed by atoms with Crippen molar-refractivity contribution >= 4 is 5.69 Å². The molecule has 0 atom stereocenters. The summed E-state index contributed by atoms with van der Waals surface area (Å²) in [6.07, 6.45) is 7.18. The smallest absolute Gasteiger partial charge is 0.269 e. The number of rotatable bonds is 6. The molecule has 24 heavy (non-hydrogen) atoms. The van der Waals surface area contributed by atoms with Gasteiger partial charge in [-0.15, -0.1) is 0 Å². The summed E-state index contributed by atoms with van der Waals surface area (Å²) in [5.74, 6) is 0. The molecule has 0 fully saturated rings. The standard InChI is InChI=1S/C11H19N.C7H7NO2.C2H6/c1-5-8-12-11(7-3)9-10(4)6-2;1-6-3-2-4-7(5-6)8(9)10;1-2/h6-7,9,12H,2,5,8H2,1,3-4H3;2-5H,1H3;1-2H3/b10-9-,11-7+;;. The molecule has 0 unspecified atom stereocenters. The van der Waals surface area contributed by atoms with Gasteiger partial charge in [0.1, 0.15) is 0 Å². The van der Waals surface area contributed by atoms with Crippen molar-refractivity contribution in [3.63, 3.8) is 0 Å². The van der Waals surface area contributed by atoms with Crippen molar-refractivity contribution in [1.82, 2.24) is 5.32 Å². The molecule has 134 valence electrons. The zero-order chi connectivity index (χ0) is 19.0. The van der Waals surface area contributed by atoms with E-state index in [9.17, 15) is 10.1 Å². The van der Waals surface area contributed by atoms with Crippen LogP contribution in [-0.2, 0) is 0 Å². The summed E-state index contributed by atoms with van der Waals surface area (Å²) in [6.45, 7) is 16.8. The van der Waals surface area contributed by atoms with Gasteiger partial charge in [-0.2, -0.15) is 0 Å². The van der Waals surface area contributed by atoms with E-state index in [0.717, 1.165) is 18.5 Å². The summed E-state index contributed by atoms with van der Waals surface area (Å²) in [4.78, 5) is 9.76. The van der Waals surface area contributed by atoms with Crippen LogP contribution in [-0.4, -0.2) is 11.5 Å². The summed E-state index contributed by atoms with van der Waals surface area (Å²) in [5, 5.41) is 13.5. The van der Waals surface area contributed by atoms with Gasteiger partial charge in [0, 0.05) is 24.4 Å². The Hall–Kier alpha value is -2.36. The zero-order valence-corrected chi connectivity index (χ0v) is 15.9. The van der Waals surface area contributed by atoms with E-state index in [2.05, 4.69) is 31.0 Å². The third-order valence-electron chi connectivity index (χ3n) is 2.81. The second-order valence-electron chi connectivity index (χ2n) is 4.86. The lowest BCUT2D eigenvalue weighted by Gasteiger charge is -2.05. The fourth-order valence-corrected chi connectivity index (χ4v) is 1.55. The van der Waals surface area contributed by atoms with Crippen LogP contribution in [0.15, 0.2) is 60.3 Å². The molecule has 0 aliphatic rings. The summed E-state index contributed by atoms with van der Waals surface area (Å²) in [6, 6.07) is 6.52. The molecule has 0 amide bonds. The van der Waals surface area contributed by atoms with Gasteiger partial charge in [-0.25, -0.2) is 0 Å². The number of nitro benzene ring substituents is 1. The van der Waals surface area contributed by atoms with E-state index in [1.807, 2.05) is 46.8 Å². The largest absolute Gasteiger partial charge is 0.385 e. The number of hydrogen-bond donors (Lipinski definition) is 1. The molecular formula is C20H32N2O2. The fourth-order valence-electron chi connectivity index (χ4n) is 1.55. The third-order valence-corrected chi connectivity index (χ3v) is 2.81. The molecule has 1 rings (SSSR count). The van der Waals surface area contributed by atoms with Gasteiger partial charge in [-0.3, -0.25) is 10.1 Å². The number of hydrogen-bond acceptors (Lipinski definition) is 3. The molecule has 0 aliphatic carbocycles. The van der Waals surface area contributed by atoms with Crippen LogP contribution in [0, 0.1) is 17.0 Å². The summed E-state index contributed by atoms with van der Waals surface area (Å²) in [7, 11) is 0. The molecule has 1 N–H and O–H groups in total. The van der Waals surface area contributed by atoms with E-state index < -0.39 is 4.92 Å². The molecule has 0 bridgehead atoms. The lowest BCUT2D eigenvalue weighted by atomic mass is 10.2. The van der Waals surface area contributed by atoms with E-state index in [-0.39, 0.29) is 5.69 Å². The molecular weight excluding hydrogens is 300 g/mol.